The van der Waals surface area contributed by atoms with E-state index in [1.807, 2.05) is 0 Å². The number of benzene rings is 1. The van der Waals surface area contributed by atoms with Crippen LogP contribution in [0.4, 0.5) is 0 Å². The quantitative estimate of drug-likeness (QED) is 0.742. The predicted octanol–water partition coefficient (Wildman–Crippen LogP) is 4.01. The lowest BCUT2D eigenvalue weighted by atomic mass is 9.70. The van der Waals surface area contributed by atoms with E-state index in [0.29, 0.717) is 5.02 Å². The second-order valence-electron chi connectivity index (χ2n) is 4.70. The van der Waals surface area contributed by atoms with E-state index in [1.165, 1.54) is 13.0 Å². The summed E-state index contributed by atoms with van der Waals surface area (Å²) in [4.78, 5) is 11.5. The van der Waals surface area contributed by atoms with Crippen molar-refractivity contribution in [1.82, 2.24) is 0 Å². The van der Waals surface area contributed by atoms with Crippen molar-refractivity contribution in [2.45, 2.75) is 25.7 Å². The molecular weight excluding hydrogens is 272 g/mol. The summed E-state index contributed by atoms with van der Waals surface area (Å²) in [6.45, 7) is 5.06. The Hall–Kier alpha value is -2.10. The molecule has 0 aromatic heterocycles. The summed E-state index contributed by atoms with van der Waals surface area (Å²) in [6.07, 6.45) is 1.88. The Labute approximate surface area is 124 Å². The molecule has 4 heteroatoms. The van der Waals surface area contributed by atoms with Gasteiger partial charge in [-0.25, -0.2) is 0 Å². The summed E-state index contributed by atoms with van der Waals surface area (Å²) in [5.41, 5.74) is -0.532. The minimum atomic E-state index is -1.29. The third-order valence-electron chi connectivity index (χ3n) is 3.22. The predicted molar refractivity (Wildman–Crippen MR) is 78.0 cm³/mol. The van der Waals surface area contributed by atoms with Crippen LogP contribution in [0.15, 0.2) is 36.9 Å². The maximum atomic E-state index is 11.5. The van der Waals surface area contributed by atoms with Crippen LogP contribution >= 0.6 is 11.6 Å². The van der Waals surface area contributed by atoms with Gasteiger partial charge in [0, 0.05) is 17.4 Å². The fraction of sp³-hybridized carbons (Fsp3) is 0.312. The summed E-state index contributed by atoms with van der Waals surface area (Å²) in [6, 6.07) is 11.0. The molecule has 0 fully saturated rings. The second-order valence-corrected chi connectivity index (χ2v) is 5.13. The SMILES string of the molecule is C=CCC(C#N)(C#N)C(CC(C)=O)c1ccc(Cl)cc1. The van der Waals surface area contributed by atoms with Crippen LogP contribution < -0.4 is 0 Å². The van der Waals surface area contributed by atoms with E-state index in [1.54, 1.807) is 24.3 Å². The molecule has 0 N–H and O–H groups in total. The fourth-order valence-electron chi connectivity index (χ4n) is 2.20. The molecule has 1 atom stereocenters. The number of carbonyl (C=O) groups is 1. The zero-order chi connectivity index (χ0) is 15.2. The third kappa shape index (κ3) is 3.47. The normalized spacial score (nSPS) is 12.0. The van der Waals surface area contributed by atoms with Gasteiger partial charge in [0.05, 0.1) is 12.1 Å². The molecule has 1 aromatic rings. The van der Waals surface area contributed by atoms with Crippen LogP contribution in [-0.2, 0) is 4.79 Å². The zero-order valence-electron chi connectivity index (χ0n) is 11.3. The molecule has 0 aliphatic heterocycles. The molecule has 0 amide bonds. The number of allylic oxidation sites excluding steroid dienone is 1. The van der Waals surface area contributed by atoms with Crippen LogP contribution in [-0.4, -0.2) is 5.78 Å². The van der Waals surface area contributed by atoms with Crippen LogP contribution in [0.25, 0.3) is 0 Å². The number of Topliss-reactive ketones (excluding diaryl/α,β-unsaturated/α-hetero) is 1. The van der Waals surface area contributed by atoms with Gasteiger partial charge < -0.3 is 4.79 Å². The van der Waals surface area contributed by atoms with Crippen molar-refractivity contribution in [1.29, 1.82) is 10.5 Å². The topological polar surface area (TPSA) is 64.7 Å². The number of rotatable bonds is 6. The summed E-state index contributed by atoms with van der Waals surface area (Å²) in [5.74, 6) is -0.561. The lowest BCUT2D eigenvalue weighted by Gasteiger charge is -2.28. The Balaban J connectivity index is 3.34. The average molecular weight is 287 g/mol. The highest BCUT2D eigenvalue weighted by Gasteiger charge is 2.40. The molecule has 1 unspecified atom stereocenters. The lowest BCUT2D eigenvalue weighted by Crippen LogP contribution is -2.27. The summed E-state index contributed by atoms with van der Waals surface area (Å²) in [5, 5.41) is 19.5. The molecule has 0 aliphatic rings. The minimum Gasteiger partial charge on any atom is -0.300 e. The van der Waals surface area contributed by atoms with E-state index < -0.39 is 11.3 Å². The molecule has 20 heavy (non-hydrogen) atoms. The Morgan fingerprint density at radius 2 is 1.95 bits per heavy atom. The molecule has 3 nitrogen and oxygen atoms in total. The maximum Gasteiger partial charge on any atom is 0.154 e. The van der Waals surface area contributed by atoms with Gasteiger partial charge in [-0.05, 0) is 31.0 Å². The number of ketones is 1. The van der Waals surface area contributed by atoms with E-state index in [0.717, 1.165) is 5.56 Å². The molecule has 1 aromatic carbocycles. The van der Waals surface area contributed by atoms with Crippen molar-refractivity contribution < 1.29 is 4.79 Å². The largest absolute Gasteiger partial charge is 0.300 e. The molecule has 0 heterocycles. The molecule has 102 valence electrons. The molecule has 0 bridgehead atoms. The summed E-state index contributed by atoms with van der Waals surface area (Å²) < 4.78 is 0. The van der Waals surface area contributed by atoms with Gasteiger partial charge in [0.15, 0.2) is 5.41 Å². The third-order valence-corrected chi connectivity index (χ3v) is 3.48. The number of carbonyl (C=O) groups excluding carboxylic acids is 1. The van der Waals surface area contributed by atoms with Gasteiger partial charge in [-0.1, -0.05) is 29.8 Å². The van der Waals surface area contributed by atoms with Crippen molar-refractivity contribution in [3.05, 3.63) is 47.5 Å². The van der Waals surface area contributed by atoms with Crippen LogP contribution in [0.2, 0.25) is 5.02 Å². The standard InChI is InChI=1S/C16H15ClN2O/c1-3-8-16(10-18,11-19)15(9-12(2)20)13-4-6-14(17)7-5-13/h3-7,15H,1,8-9H2,2H3. The van der Waals surface area contributed by atoms with Gasteiger partial charge in [-0.2, -0.15) is 10.5 Å². The second kappa shape index (κ2) is 6.89. The van der Waals surface area contributed by atoms with Crippen molar-refractivity contribution in [2.75, 3.05) is 0 Å². The number of halogens is 1. The number of nitriles is 2. The van der Waals surface area contributed by atoms with Gasteiger partial charge in [0.1, 0.15) is 5.78 Å². The van der Waals surface area contributed by atoms with Gasteiger partial charge in [-0.15, -0.1) is 6.58 Å². The Bertz CT molecular complexity index is 564. The highest BCUT2D eigenvalue weighted by atomic mass is 35.5. The van der Waals surface area contributed by atoms with E-state index in [2.05, 4.69) is 18.7 Å². The van der Waals surface area contributed by atoms with Crippen LogP contribution in [0, 0.1) is 28.1 Å². The maximum absolute atomic E-state index is 11.5. The van der Waals surface area contributed by atoms with Gasteiger partial charge in [0.25, 0.3) is 0 Å². The zero-order valence-corrected chi connectivity index (χ0v) is 12.0. The smallest absolute Gasteiger partial charge is 0.154 e. The van der Waals surface area contributed by atoms with E-state index >= 15 is 0 Å². The van der Waals surface area contributed by atoms with Crippen molar-refractivity contribution in [3.63, 3.8) is 0 Å². The van der Waals surface area contributed by atoms with E-state index in [9.17, 15) is 15.3 Å². The van der Waals surface area contributed by atoms with Gasteiger partial charge >= 0.3 is 0 Å². The average Bonchev–Trinajstić information content (AvgIpc) is 2.43. The van der Waals surface area contributed by atoms with Crippen molar-refractivity contribution >= 4 is 17.4 Å². The molecular formula is C16H15ClN2O. The number of nitrogens with zero attached hydrogens (tertiary/aromatic N) is 2. The number of hydrogen-bond donors (Lipinski definition) is 0. The minimum absolute atomic E-state index is 0.0658. The molecule has 0 saturated carbocycles. The molecule has 0 saturated heterocycles. The first-order valence-electron chi connectivity index (χ1n) is 6.17. The summed E-state index contributed by atoms with van der Waals surface area (Å²) >= 11 is 5.85. The van der Waals surface area contributed by atoms with Crippen LogP contribution in [0.1, 0.15) is 31.2 Å². The van der Waals surface area contributed by atoms with Crippen molar-refractivity contribution in [3.8, 4) is 12.1 Å². The first-order chi connectivity index (χ1) is 9.49. The summed E-state index contributed by atoms with van der Waals surface area (Å²) in [7, 11) is 0. The number of hydrogen-bond acceptors (Lipinski definition) is 3. The highest BCUT2D eigenvalue weighted by Crippen LogP contribution is 2.41. The van der Waals surface area contributed by atoms with Crippen molar-refractivity contribution in [2.24, 2.45) is 5.41 Å². The van der Waals surface area contributed by atoms with Crippen LogP contribution in [0.5, 0.6) is 0 Å². The van der Waals surface area contributed by atoms with Gasteiger partial charge in [0.2, 0.25) is 0 Å². The highest BCUT2D eigenvalue weighted by molar-refractivity contribution is 6.30. The molecule has 0 aliphatic carbocycles. The van der Waals surface area contributed by atoms with E-state index in [-0.39, 0.29) is 18.6 Å². The monoisotopic (exact) mass is 286 g/mol. The van der Waals surface area contributed by atoms with Crippen LogP contribution in [0.3, 0.4) is 0 Å². The first kappa shape index (κ1) is 16.0. The Kier molecular flexibility index (Phi) is 5.50. The Morgan fingerprint density at radius 3 is 2.35 bits per heavy atom. The molecule has 0 radical (unpaired) electrons. The molecule has 0 spiro atoms. The van der Waals surface area contributed by atoms with E-state index in [4.69, 9.17) is 11.6 Å². The first-order valence-corrected chi connectivity index (χ1v) is 6.55. The Morgan fingerprint density at radius 1 is 1.40 bits per heavy atom. The lowest BCUT2D eigenvalue weighted by molar-refractivity contribution is -0.117. The molecule has 1 rings (SSSR count). The fourth-order valence-corrected chi connectivity index (χ4v) is 2.33. The van der Waals surface area contributed by atoms with Gasteiger partial charge in [-0.3, -0.25) is 0 Å².